The van der Waals surface area contributed by atoms with E-state index in [9.17, 15) is 9.59 Å². The third-order valence-corrected chi connectivity index (χ3v) is 2.93. The van der Waals surface area contributed by atoms with E-state index in [1.54, 1.807) is 19.1 Å². The van der Waals surface area contributed by atoms with Crippen molar-refractivity contribution in [2.24, 2.45) is 5.73 Å². The van der Waals surface area contributed by atoms with Crippen molar-refractivity contribution < 1.29 is 14.7 Å². The van der Waals surface area contributed by atoms with Gasteiger partial charge in [-0.15, -0.1) is 0 Å². The minimum absolute atomic E-state index is 0.0906. The van der Waals surface area contributed by atoms with E-state index in [-0.39, 0.29) is 11.5 Å². The third-order valence-electron chi connectivity index (χ3n) is 2.24. The molecule has 4 N–H and O–H groups in total. The summed E-state index contributed by atoms with van der Waals surface area (Å²) in [4.78, 5) is 22.4. The molecule has 5 nitrogen and oxygen atoms in total. The zero-order valence-electron chi connectivity index (χ0n) is 9.24. The molecular weight excluding hydrogens is 288 g/mol. The number of aromatic carboxylic acids is 1. The smallest absolute Gasteiger partial charge is 0.336 e. The average Bonchev–Trinajstić information content (AvgIpc) is 2.30. The summed E-state index contributed by atoms with van der Waals surface area (Å²) in [6.45, 7) is 1.80. The fourth-order valence-corrected chi connectivity index (χ4v) is 1.60. The standard InChI is InChI=1S/C11H13BrN2O3/c1-2-9(13)10(15)14-6-3-4-8(12)7(5-6)11(16)17/h3-5,9H,2,13H2,1H3,(H,14,15)(H,16,17)/t9-/m0/s1. The molecule has 0 unspecified atom stereocenters. The molecule has 1 aromatic carbocycles. The van der Waals surface area contributed by atoms with Gasteiger partial charge in [0.1, 0.15) is 0 Å². The summed E-state index contributed by atoms with van der Waals surface area (Å²) in [5.74, 6) is -1.39. The first-order valence-electron chi connectivity index (χ1n) is 5.05. The Morgan fingerprint density at radius 1 is 1.53 bits per heavy atom. The van der Waals surface area contributed by atoms with Crippen molar-refractivity contribution >= 4 is 33.5 Å². The maximum Gasteiger partial charge on any atom is 0.336 e. The number of nitrogens with two attached hydrogens (primary N) is 1. The summed E-state index contributed by atoms with van der Waals surface area (Å²) in [5, 5.41) is 11.5. The molecule has 0 aromatic heterocycles. The van der Waals surface area contributed by atoms with Crippen LogP contribution in [-0.4, -0.2) is 23.0 Å². The monoisotopic (exact) mass is 300 g/mol. The Morgan fingerprint density at radius 2 is 2.18 bits per heavy atom. The molecule has 0 spiro atoms. The molecule has 1 atom stereocenters. The Labute approximate surface area is 107 Å². The lowest BCUT2D eigenvalue weighted by Gasteiger charge is -2.10. The van der Waals surface area contributed by atoms with Crippen LogP contribution in [0.2, 0.25) is 0 Å². The Kier molecular flexibility index (Phi) is 4.65. The number of amides is 1. The quantitative estimate of drug-likeness (QED) is 0.791. The number of hydrogen-bond acceptors (Lipinski definition) is 3. The first kappa shape index (κ1) is 13.7. The number of rotatable bonds is 4. The van der Waals surface area contributed by atoms with Crippen molar-refractivity contribution in [3.05, 3.63) is 28.2 Å². The molecule has 0 radical (unpaired) electrons. The van der Waals surface area contributed by atoms with Gasteiger partial charge in [-0.3, -0.25) is 4.79 Å². The number of carbonyl (C=O) groups excluding carboxylic acids is 1. The van der Waals surface area contributed by atoms with Gasteiger partial charge < -0.3 is 16.2 Å². The van der Waals surface area contributed by atoms with Gasteiger partial charge in [-0.1, -0.05) is 6.92 Å². The maximum atomic E-state index is 11.5. The minimum Gasteiger partial charge on any atom is -0.478 e. The summed E-state index contributed by atoms with van der Waals surface area (Å²) in [6, 6.07) is 3.96. The highest BCUT2D eigenvalue weighted by atomic mass is 79.9. The van der Waals surface area contributed by atoms with Crippen molar-refractivity contribution in [2.45, 2.75) is 19.4 Å². The van der Waals surface area contributed by atoms with Gasteiger partial charge >= 0.3 is 5.97 Å². The van der Waals surface area contributed by atoms with Gasteiger partial charge in [-0.2, -0.15) is 0 Å². The fourth-order valence-electron chi connectivity index (χ4n) is 1.19. The number of carbonyl (C=O) groups is 2. The van der Waals surface area contributed by atoms with Crippen LogP contribution in [-0.2, 0) is 4.79 Å². The molecule has 1 aromatic rings. The van der Waals surface area contributed by atoms with Crippen LogP contribution in [0.25, 0.3) is 0 Å². The number of hydrogen-bond donors (Lipinski definition) is 3. The molecule has 0 saturated carbocycles. The molecule has 17 heavy (non-hydrogen) atoms. The SMILES string of the molecule is CC[C@H](N)C(=O)Nc1ccc(Br)c(C(=O)O)c1. The molecule has 1 amide bonds. The topological polar surface area (TPSA) is 92.4 Å². The van der Waals surface area contributed by atoms with E-state index >= 15 is 0 Å². The number of carboxylic acids is 1. The Hall–Kier alpha value is -1.40. The number of halogens is 1. The van der Waals surface area contributed by atoms with E-state index < -0.39 is 12.0 Å². The van der Waals surface area contributed by atoms with Gasteiger partial charge in [0, 0.05) is 10.2 Å². The molecule has 0 heterocycles. The van der Waals surface area contributed by atoms with Gasteiger partial charge in [0.25, 0.3) is 0 Å². The molecule has 0 fully saturated rings. The highest BCUT2D eigenvalue weighted by Gasteiger charge is 2.13. The zero-order valence-corrected chi connectivity index (χ0v) is 10.8. The van der Waals surface area contributed by atoms with Crippen LogP contribution < -0.4 is 11.1 Å². The van der Waals surface area contributed by atoms with Gasteiger partial charge in [-0.25, -0.2) is 4.79 Å². The predicted octanol–water partition coefficient (Wildman–Crippen LogP) is 1.82. The summed E-state index contributed by atoms with van der Waals surface area (Å²) in [6.07, 6.45) is 0.522. The molecule has 0 aliphatic rings. The summed E-state index contributed by atoms with van der Waals surface area (Å²) >= 11 is 3.12. The number of carboxylic acid groups (broad SMARTS) is 1. The van der Waals surface area contributed by atoms with E-state index in [1.165, 1.54) is 6.07 Å². The minimum atomic E-state index is -1.06. The number of anilines is 1. The number of nitrogens with one attached hydrogen (secondary N) is 1. The predicted molar refractivity (Wildman–Crippen MR) is 68.0 cm³/mol. The summed E-state index contributed by atoms with van der Waals surface area (Å²) < 4.78 is 0.461. The van der Waals surface area contributed by atoms with Crippen molar-refractivity contribution in [3.8, 4) is 0 Å². The zero-order chi connectivity index (χ0) is 13.0. The molecule has 0 aliphatic heterocycles. The lowest BCUT2D eigenvalue weighted by Crippen LogP contribution is -2.34. The highest BCUT2D eigenvalue weighted by Crippen LogP contribution is 2.21. The van der Waals surface area contributed by atoms with Gasteiger partial charge in [0.2, 0.25) is 5.91 Å². The number of benzene rings is 1. The highest BCUT2D eigenvalue weighted by molar-refractivity contribution is 9.10. The van der Waals surface area contributed by atoms with E-state index in [1.807, 2.05) is 0 Å². The van der Waals surface area contributed by atoms with Crippen LogP contribution >= 0.6 is 15.9 Å². The first-order chi connectivity index (χ1) is 7.95. The lowest BCUT2D eigenvalue weighted by molar-refractivity contribution is -0.117. The molecule has 0 saturated heterocycles. The van der Waals surface area contributed by atoms with E-state index in [0.717, 1.165) is 0 Å². The van der Waals surface area contributed by atoms with Crippen LogP contribution in [0.3, 0.4) is 0 Å². The maximum absolute atomic E-state index is 11.5. The van der Waals surface area contributed by atoms with Crippen LogP contribution in [0.1, 0.15) is 23.7 Å². The first-order valence-corrected chi connectivity index (χ1v) is 5.84. The van der Waals surface area contributed by atoms with Gasteiger partial charge in [0.05, 0.1) is 11.6 Å². The summed E-state index contributed by atoms with van der Waals surface area (Å²) in [7, 11) is 0. The molecule has 0 bridgehead atoms. The second kappa shape index (κ2) is 5.79. The third kappa shape index (κ3) is 3.54. The Bertz CT molecular complexity index is 448. The van der Waals surface area contributed by atoms with E-state index in [0.29, 0.717) is 16.6 Å². The Morgan fingerprint density at radius 3 is 2.71 bits per heavy atom. The molecule has 92 valence electrons. The van der Waals surface area contributed by atoms with E-state index in [2.05, 4.69) is 21.2 Å². The van der Waals surface area contributed by atoms with Crippen LogP contribution in [0.4, 0.5) is 5.69 Å². The molecule has 0 aliphatic carbocycles. The van der Waals surface area contributed by atoms with Crippen molar-refractivity contribution in [3.63, 3.8) is 0 Å². The van der Waals surface area contributed by atoms with Crippen molar-refractivity contribution in [1.82, 2.24) is 0 Å². The van der Waals surface area contributed by atoms with Crippen molar-refractivity contribution in [1.29, 1.82) is 0 Å². The normalized spacial score (nSPS) is 11.9. The van der Waals surface area contributed by atoms with Gasteiger partial charge in [0.15, 0.2) is 0 Å². The Balaban J connectivity index is 2.90. The molecular formula is C11H13BrN2O3. The van der Waals surface area contributed by atoms with Crippen LogP contribution in [0, 0.1) is 0 Å². The van der Waals surface area contributed by atoms with Crippen molar-refractivity contribution in [2.75, 3.05) is 5.32 Å². The average molecular weight is 301 g/mol. The second-order valence-corrected chi connectivity index (χ2v) is 4.36. The fraction of sp³-hybridized carbons (Fsp3) is 0.273. The second-order valence-electron chi connectivity index (χ2n) is 3.50. The van der Waals surface area contributed by atoms with Crippen LogP contribution in [0.5, 0.6) is 0 Å². The van der Waals surface area contributed by atoms with E-state index in [4.69, 9.17) is 10.8 Å². The molecule has 6 heteroatoms. The van der Waals surface area contributed by atoms with Crippen LogP contribution in [0.15, 0.2) is 22.7 Å². The summed E-state index contributed by atoms with van der Waals surface area (Å²) in [5.41, 5.74) is 6.06. The largest absolute Gasteiger partial charge is 0.478 e. The van der Waals surface area contributed by atoms with Gasteiger partial charge in [-0.05, 0) is 40.5 Å². The lowest BCUT2D eigenvalue weighted by atomic mass is 10.2. The molecule has 1 rings (SSSR count).